The lowest BCUT2D eigenvalue weighted by Gasteiger charge is -2.49. The minimum Gasteiger partial charge on any atom is -0.459 e. The zero-order valence-electron chi connectivity index (χ0n) is 32.5. The molecule has 3 fully saturated rings. The maximum atomic E-state index is 14.1. The van der Waals surface area contributed by atoms with Crippen LogP contribution in [0.4, 0.5) is 0 Å². The van der Waals surface area contributed by atoms with Crippen molar-refractivity contribution < 1.29 is 58.7 Å². The number of hydrogen-bond acceptors (Lipinski definition) is 15. The Morgan fingerprint density at radius 1 is 0.941 bits per heavy atom. The average molecular weight is 735 g/mol. The third kappa shape index (κ3) is 9.48. The molecule has 3 heterocycles. The fraction of sp³-hybridized carbons (Fsp3) is 0.972. The van der Waals surface area contributed by atoms with Crippen LogP contribution in [-0.4, -0.2) is 136 Å². The second kappa shape index (κ2) is 17.4. The maximum absolute atomic E-state index is 14.1. The summed E-state index contributed by atoms with van der Waals surface area (Å²) in [4.78, 5) is 26.5. The summed E-state index contributed by atoms with van der Waals surface area (Å²) in [6.45, 7) is 16.5. The van der Waals surface area contributed by atoms with Crippen LogP contribution in [0.15, 0.2) is 5.18 Å². The van der Waals surface area contributed by atoms with Crippen LogP contribution in [0, 0.1) is 28.6 Å². The van der Waals surface area contributed by atoms with E-state index in [1.165, 1.54) is 21.0 Å². The zero-order chi connectivity index (χ0) is 38.8. The lowest BCUT2D eigenvalue weighted by molar-refractivity contribution is -0.316. The molecule has 0 aromatic carbocycles. The highest BCUT2D eigenvalue weighted by atomic mass is 16.7. The number of nitrogens with zero attached hydrogens (tertiary/aromatic N) is 1. The Bertz CT molecular complexity index is 1140. The molecule has 0 aromatic heterocycles. The summed E-state index contributed by atoms with van der Waals surface area (Å²) in [5.74, 6) is -4.22. The van der Waals surface area contributed by atoms with Gasteiger partial charge in [-0.25, -0.2) is 0 Å². The molecule has 3 aliphatic heterocycles. The largest absolute Gasteiger partial charge is 0.459 e. The predicted molar refractivity (Wildman–Crippen MR) is 186 cm³/mol. The van der Waals surface area contributed by atoms with Gasteiger partial charge in [-0.05, 0) is 73.8 Å². The van der Waals surface area contributed by atoms with E-state index in [4.69, 9.17) is 28.4 Å². The van der Waals surface area contributed by atoms with Crippen molar-refractivity contribution in [3.63, 3.8) is 0 Å². The first kappa shape index (κ1) is 44.0. The molecular weight excluding hydrogens is 668 g/mol. The Morgan fingerprint density at radius 3 is 2.12 bits per heavy atom. The van der Waals surface area contributed by atoms with Crippen molar-refractivity contribution in [2.45, 2.75) is 185 Å². The van der Waals surface area contributed by atoms with Gasteiger partial charge in [0.25, 0.3) is 0 Å². The van der Waals surface area contributed by atoms with Gasteiger partial charge in [-0.2, -0.15) is 4.91 Å². The van der Waals surface area contributed by atoms with Crippen LogP contribution in [0.25, 0.3) is 0 Å². The molecule has 4 unspecified atom stereocenters. The van der Waals surface area contributed by atoms with Crippen molar-refractivity contribution in [2.24, 2.45) is 28.8 Å². The molecule has 0 radical (unpaired) electrons. The van der Waals surface area contributed by atoms with Crippen LogP contribution in [0.5, 0.6) is 0 Å². The maximum Gasteiger partial charge on any atom is 0.311 e. The van der Waals surface area contributed by atoms with Gasteiger partial charge < -0.3 is 59.3 Å². The molecule has 0 spiro atoms. The Morgan fingerprint density at radius 2 is 1.57 bits per heavy atom. The van der Waals surface area contributed by atoms with Gasteiger partial charge in [0.05, 0.1) is 53.7 Å². The normalized spacial score (nSPS) is 51.0. The lowest BCUT2D eigenvalue weighted by Crippen LogP contribution is -2.61. The molecule has 298 valence electrons. The van der Waals surface area contributed by atoms with Gasteiger partial charge in [0.15, 0.2) is 12.6 Å². The van der Waals surface area contributed by atoms with E-state index in [1.54, 1.807) is 55.5 Å². The van der Waals surface area contributed by atoms with Gasteiger partial charge in [-0.3, -0.25) is 4.79 Å². The van der Waals surface area contributed by atoms with Crippen molar-refractivity contribution >= 4 is 5.97 Å². The number of likely N-dealkylation sites (N-methyl/N-ethyl adjacent to an activating group) is 1. The minimum atomic E-state index is -1.97. The summed E-state index contributed by atoms with van der Waals surface area (Å²) in [6, 6.07) is -1.45. The van der Waals surface area contributed by atoms with Crippen molar-refractivity contribution in [1.29, 1.82) is 0 Å². The predicted octanol–water partition coefficient (Wildman–Crippen LogP) is 2.01. The molecule has 15 heteroatoms. The van der Waals surface area contributed by atoms with Gasteiger partial charge in [0.1, 0.15) is 23.9 Å². The quantitative estimate of drug-likeness (QED) is 0.156. The fourth-order valence-electron chi connectivity index (χ4n) is 8.59. The minimum absolute atomic E-state index is 0.0703. The van der Waals surface area contributed by atoms with Gasteiger partial charge in [-0.1, -0.05) is 32.9 Å². The van der Waals surface area contributed by atoms with E-state index >= 15 is 0 Å². The Balaban J connectivity index is 2.19. The van der Waals surface area contributed by atoms with Crippen molar-refractivity contribution in [2.75, 3.05) is 14.2 Å². The number of rotatable bonds is 8. The number of aliphatic hydroxyl groups excluding tert-OH is 3. The van der Waals surface area contributed by atoms with Gasteiger partial charge in [-0.15, -0.1) is 0 Å². The van der Waals surface area contributed by atoms with E-state index < -0.39 is 108 Å². The lowest BCUT2D eigenvalue weighted by atomic mass is 9.72. The number of aliphatic hydroxyl groups is 5. The van der Waals surface area contributed by atoms with Crippen LogP contribution in [0.3, 0.4) is 0 Å². The number of carbonyl (C=O) groups is 1. The number of nitroso groups, excluding NO2 is 1. The van der Waals surface area contributed by atoms with Crippen LogP contribution in [-0.2, 0) is 33.2 Å². The second-order valence-electron chi connectivity index (χ2n) is 16.2. The number of carbonyl (C=O) groups excluding carboxylic acids is 1. The SMILES string of the molecule is CC[C@H]1OC(=O)[C@H](C)[C@@H](O[C@@H]2CC(C)(OC)[C@H](O)[C@H](C)O2)[C@H](C)[C@H](O[C@@H]2O[C@H](C)CC(NC)[C@@H]2O)[C@](C)(O)C[C@H](C)C(N=O)[C@@H](C)[C@H](O)C1(C)O. The summed E-state index contributed by atoms with van der Waals surface area (Å²) in [7, 11) is 3.20. The third-order valence-electron chi connectivity index (χ3n) is 11.9. The Kier molecular flexibility index (Phi) is 15.0. The monoisotopic (exact) mass is 734 g/mol. The zero-order valence-corrected chi connectivity index (χ0v) is 32.5. The summed E-state index contributed by atoms with van der Waals surface area (Å²) >= 11 is 0. The molecule has 0 amide bonds. The van der Waals surface area contributed by atoms with Crippen molar-refractivity contribution in [1.82, 2.24) is 5.32 Å². The van der Waals surface area contributed by atoms with E-state index in [-0.39, 0.29) is 31.4 Å². The first-order valence-electron chi connectivity index (χ1n) is 18.5. The standard InChI is InChI=1S/C36H66N2O13/c1-13-24-36(10,44)29(40)19(4)26(38-45)17(2)15-34(8,43)31(51-33-27(39)23(37-11)14-18(3)47-33)20(5)28(21(6)32(42)49-24)50-25-16-35(9,46-12)30(41)22(7)48-25/h17-31,33,37,39-41,43-44H,13-16H2,1-12H3/t17-,18+,19+,20-,21+,22-,23?,24+,25+,26?,27-,28-,29-,30+,31-,33-,34+,35?,36?/m0/s1. The number of methoxy groups -OCH3 is 1. The van der Waals surface area contributed by atoms with E-state index in [2.05, 4.69) is 10.5 Å². The Hall–Kier alpha value is -1.37. The summed E-state index contributed by atoms with van der Waals surface area (Å²) in [5.41, 5.74) is -4.80. The molecule has 0 bridgehead atoms. The van der Waals surface area contributed by atoms with Gasteiger partial charge >= 0.3 is 5.97 Å². The second-order valence-corrected chi connectivity index (χ2v) is 16.2. The number of cyclic esters (lactones) is 1. The summed E-state index contributed by atoms with van der Waals surface area (Å²) in [6.07, 6.45) is -9.62. The molecule has 0 aliphatic carbocycles. The fourth-order valence-corrected chi connectivity index (χ4v) is 8.59. The average Bonchev–Trinajstić information content (AvgIpc) is 3.06. The first-order valence-corrected chi connectivity index (χ1v) is 18.5. The highest BCUT2D eigenvalue weighted by Gasteiger charge is 2.53. The highest BCUT2D eigenvalue weighted by molar-refractivity contribution is 5.73. The summed E-state index contributed by atoms with van der Waals surface area (Å²) in [5, 5.41) is 64.1. The molecule has 19 atom stereocenters. The van der Waals surface area contributed by atoms with Crippen molar-refractivity contribution in [3.05, 3.63) is 4.91 Å². The molecule has 3 rings (SSSR count). The highest BCUT2D eigenvalue weighted by Crippen LogP contribution is 2.41. The van der Waals surface area contributed by atoms with Gasteiger partial charge in [0, 0.05) is 31.4 Å². The van der Waals surface area contributed by atoms with Crippen LogP contribution >= 0.6 is 0 Å². The molecule has 3 saturated heterocycles. The van der Waals surface area contributed by atoms with Crippen LogP contribution in [0.2, 0.25) is 0 Å². The van der Waals surface area contributed by atoms with Crippen LogP contribution < -0.4 is 5.32 Å². The summed E-state index contributed by atoms with van der Waals surface area (Å²) < 4.78 is 37.0. The van der Waals surface area contributed by atoms with E-state index in [9.17, 15) is 35.2 Å². The molecular formula is C36H66N2O13. The number of esters is 1. The number of nitrogens with one attached hydrogen (secondary N) is 1. The van der Waals surface area contributed by atoms with Crippen molar-refractivity contribution in [3.8, 4) is 0 Å². The molecule has 0 saturated carbocycles. The van der Waals surface area contributed by atoms with Crippen LogP contribution in [0.1, 0.15) is 94.9 Å². The topological polar surface area (TPSA) is 215 Å². The smallest absolute Gasteiger partial charge is 0.311 e. The van der Waals surface area contributed by atoms with E-state index in [0.717, 1.165) is 0 Å². The molecule has 15 nitrogen and oxygen atoms in total. The number of hydrogen-bond donors (Lipinski definition) is 6. The third-order valence-corrected chi connectivity index (χ3v) is 11.9. The number of ether oxygens (including phenoxy) is 6. The Labute approximate surface area is 303 Å². The van der Waals surface area contributed by atoms with Gasteiger partial charge in [0.2, 0.25) is 0 Å². The first-order chi connectivity index (χ1) is 23.6. The molecule has 51 heavy (non-hydrogen) atoms. The molecule has 0 aromatic rings. The molecule has 6 N–H and O–H groups in total. The van der Waals surface area contributed by atoms with E-state index in [1.807, 2.05) is 6.92 Å². The van der Waals surface area contributed by atoms with E-state index in [0.29, 0.717) is 6.42 Å². The molecule has 3 aliphatic rings.